The zero-order chi connectivity index (χ0) is 4.41. The number of hydrogen-bond donors (Lipinski definition) is 2. The molecule has 0 spiro atoms. The van der Waals surface area contributed by atoms with Gasteiger partial charge in [0.25, 0.3) is 0 Å². The Morgan fingerprint density at radius 1 is 1.71 bits per heavy atom. The second-order valence-corrected chi connectivity index (χ2v) is 1.62. The number of hydrogen-bond acceptors (Lipinski definition) is 2. The van der Waals surface area contributed by atoms with Gasteiger partial charge in [-0.1, -0.05) is 0 Å². The Morgan fingerprint density at radius 3 is 2.29 bits per heavy atom. The summed E-state index contributed by atoms with van der Waals surface area (Å²) in [4.78, 5) is 0. The van der Waals surface area contributed by atoms with Crippen LogP contribution < -0.4 is 5.32 Å². The summed E-state index contributed by atoms with van der Waals surface area (Å²) < 4.78 is 0. The molecule has 0 saturated carbocycles. The first kappa shape index (κ1) is 7.21. The van der Waals surface area contributed by atoms with E-state index in [1.165, 1.54) is 0 Å². The number of halogens is 1. The summed E-state index contributed by atoms with van der Waals surface area (Å²) in [5, 5.41) is 11.4. The van der Waals surface area contributed by atoms with E-state index in [4.69, 9.17) is 5.11 Å². The van der Waals surface area contributed by atoms with Crippen molar-refractivity contribution in [1.82, 2.24) is 5.32 Å². The Bertz CT molecular complexity index is 44.2. The maximum Gasteiger partial charge on any atom is 0.0585 e. The monoisotopic (exact) mass is 123 g/mol. The molecule has 0 bridgehead atoms. The first-order valence-electron chi connectivity index (χ1n) is 2.27. The molecule has 0 aromatic heterocycles. The SMILES string of the molecule is Cl.OCC1CCN1. The Morgan fingerprint density at radius 2 is 2.29 bits per heavy atom. The van der Waals surface area contributed by atoms with E-state index in [2.05, 4.69) is 5.32 Å². The third-order valence-electron chi connectivity index (χ3n) is 1.15. The van der Waals surface area contributed by atoms with Crippen LogP contribution in [-0.2, 0) is 0 Å². The van der Waals surface area contributed by atoms with Crippen LogP contribution in [0.25, 0.3) is 0 Å². The molecule has 1 unspecified atom stereocenters. The van der Waals surface area contributed by atoms with Crippen LogP contribution in [0, 0.1) is 0 Å². The molecule has 0 amide bonds. The third-order valence-corrected chi connectivity index (χ3v) is 1.15. The third kappa shape index (κ3) is 1.63. The molecule has 0 aliphatic carbocycles. The minimum Gasteiger partial charge on any atom is -0.395 e. The number of aliphatic hydroxyl groups is 1. The van der Waals surface area contributed by atoms with E-state index in [-0.39, 0.29) is 12.4 Å². The van der Waals surface area contributed by atoms with Crippen molar-refractivity contribution in [2.75, 3.05) is 13.2 Å². The molecule has 0 radical (unpaired) electrons. The second kappa shape index (κ2) is 3.24. The van der Waals surface area contributed by atoms with E-state index in [1.807, 2.05) is 0 Å². The lowest BCUT2D eigenvalue weighted by atomic mass is 10.1. The molecule has 3 heteroatoms. The Kier molecular flexibility index (Phi) is 3.34. The van der Waals surface area contributed by atoms with Crippen molar-refractivity contribution in [3.63, 3.8) is 0 Å². The fourth-order valence-corrected chi connectivity index (χ4v) is 0.504. The normalized spacial score (nSPS) is 27.9. The first-order valence-corrected chi connectivity index (χ1v) is 2.27. The highest BCUT2D eigenvalue weighted by Gasteiger charge is 2.13. The van der Waals surface area contributed by atoms with E-state index >= 15 is 0 Å². The van der Waals surface area contributed by atoms with Crippen molar-refractivity contribution in [3.8, 4) is 0 Å². The fourth-order valence-electron chi connectivity index (χ4n) is 0.504. The van der Waals surface area contributed by atoms with Gasteiger partial charge in [0, 0.05) is 6.04 Å². The summed E-state index contributed by atoms with van der Waals surface area (Å²) in [6.45, 7) is 1.39. The van der Waals surface area contributed by atoms with E-state index < -0.39 is 0 Å². The highest BCUT2D eigenvalue weighted by molar-refractivity contribution is 5.85. The predicted molar refractivity (Wildman–Crippen MR) is 30.7 cm³/mol. The van der Waals surface area contributed by atoms with Gasteiger partial charge in [0.1, 0.15) is 0 Å². The van der Waals surface area contributed by atoms with Crippen molar-refractivity contribution in [2.24, 2.45) is 0 Å². The zero-order valence-corrected chi connectivity index (χ0v) is 4.87. The van der Waals surface area contributed by atoms with Crippen LogP contribution in [0.15, 0.2) is 0 Å². The molecule has 1 atom stereocenters. The Labute approximate surface area is 49.3 Å². The van der Waals surface area contributed by atoms with E-state index in [9.17, 15) is 0 Å². The number of aliphatic hydroxyl groups excluding tert-OH is 1. The van der Waals surface area contributed by atoms with Gasteiger partial charge in [-0.25, -0.2) is 0 Å². The van der Waals surface area contributed by atoms with Gasteiger partial charge in [0.05, 0.1) is 6.61 Å². The molecule has 44 valence electrons. The standard InChI is InChI=1S/C4H9NO.ClH/c6-3-4-1-2-5-4;/h4-6H,1-3H2;1H. The number of nitrogens with one attached hydrogen (secondary N) is 1. The molecular weight excluding hydrogens is 114 g/mol. The molecule has 1 heterocycles. The molecule has 1 aliphatic rings. The summed E-state index contributed by atoms with van der Waals surface area (Å²) in [6.07, 6.45) is 1.15. The van der Waals surface area contributed by atoms with Gasteiger partial charge in [-0.2, -0.15) is 0 Å². The van der Waals surface area contributed by atoms with Crippen LogP contribution in [0.1, 0.15) is 6.42 Å². The minimum absolute atomic E-state index is 0. The van der Waals surface area contributed by atoms with E-state index in [1.54, 1.807) is 0 Å². The minimum atomic E-state index is 0. The summed E-state index contributed by atoms with van der Waals surface area (Å²) >= 11 is 0. The maximum absolute atomic E-state index is 8.32. The maximum atomic E-state index is 8.32. The highest BCUT2D eigenvalue weighted by atomic mass is 35.5. The fraction of sp³-hybridized carbons (Fsp3) is 1.00. The number of rotatable bonds is 1. The van der Waals surface area contributed by atoms with Gasteiger partial charge in [0.15, 0.2) is 0 Å². The van der Waals surface area contributed by atoms with Crippen LogP contribution in [0.3, 0.4) is 0 Å². The molecule has 2 N–H and O–H groups in total. The molecule has 1 saturated heterocycles. The van der Waals surface area contributed by atoms with Gasteiger partial charge in [-0.05, 0) is 13.0 Å². The quantitative estimate of drug-likeness (QED) is 0.505. The van der Waals surface area contributed by atoms with Crippen LogP contribution >= 0.6 is 12.4 Å². The first-order chi connectivity index (χ1) is 2.93. The average Bonchev–Trinajstić information content (AvgIpc) is 1.31. The summed E-state index contributed by atoms with van der Waals surface area (Å²) in [5.74, 6) is 0. The van der Waals surface area contributed by atoms with Gasteiger partial charge in [0.2, 0.25) is 0 Å². The van der Waals surface area contributed by atoms with Crippen LogP contribution in [0.2, 0.25) is 0 Å². The van der Waals surface area contributed by atoms with Gasteiger partial charge >= 0.3 is 0 Å². The molecular formula is C4H10ClNO. The Hall–Kier alpha value is 0.210. The van der Waals surface area contributed by atoms with Crippen molar-refractivity contribution in [3.05, 3.63) is 0 Å². The lowest BCUT2D eigenvalue weighted by Gasteiger charge is -2.24. The van der Waals surface area contributed by atoms with Crippen molar-refractivity contribution >= 4 is 12.4 Å². The molecule has 1 fully saturated rings. The highest BCUT2D eigenvalue weighted by Crippen LogP contribution is 1.97. The molecule has 1 rings (SSSR count). The van der Waals surface area contributed by atoms with E-state index in [0.717, 1.165) is 13.0 Å². The van der Waals surface area contributed by atoms with Gasteiger partial charge in [-0.15, -0.1) is 12.4 Å². The van der Waals surface area contributed by atoms with Crippen LogP contribution in [0.4, 0.5) is 0 Å². The topological polar surface area (TPSA) is 32.3 Å². The van der Waals surface area contributed by atoms with Crippen molar-refractivity contribution in [1.29, 1.82) is 0 Å². The smallest absolute Gasteiger partial charge is 0.0585 e. The molecule has 0 aromatic carbocycles. The molecule has 7 heavy (non-hydrogen) atoms. The lowest BCUT2D eigenvalue weighted by molar-refractivity contribution is 0.199. The Balaban J connectivity index is 0.000000360. The van der Waals surface area contributed by atoms with Crippen LogP contribution in [0.5, 0.6) is 0 Å². The summed E-state index contributed by atoms with van der Waals surface area (Å²) in [6, 6.07) is 0.421. The predicted octanol–water partition coefficient (Wildman–Crippen LogP) is -0.238. The van der Waals surface area contributed by atoms with Crippen molar-refractivity contribution < 1.29 is 5.11 Å². The average molecular weight is 124 g/mol. The summed E-state index contributed by atoms with van der Waals surface area (Å²) in [5.41, 5.74) is 0. The molecule has 0 aromatic rings. The van der Waals surface area contributed by atoms with E-state index in [0.29, 0.717) is 12.6 Å². The van der Waals surface area contributed by atoms with Gasteiger partial charge < -0.3 is 10.4 Å². The van der Waals surface area contributed by atoms with Crippen molar-refractivity contribution in [2.45, 2.75) is 12.5 Å². The van der Waals surface area contributed by atoms with Crippen LogP contribution in [-0.4, -0.2) is 24.3 Å². The zero-order valence-electron chi connectivity index (χ0n) is 4.05. The van der Waals surface area contributed by atoms with Gasteiger partial charge in [-0.3, -0.25) is 0 Å². The lowest BCUT2D eigenvalue weighted by Crippen LogP contribution is -2.45. The molecule has 2 nitrogen and oxygen atoms in total. The molecule has 1 aliphatic heterocycles. The second-order valence-electron chi connectivity index (χ2n) is 1.62. The summed E-state index contributed by atoms with van der Waals surface area (Å²) in [7, 11) is 0. The largest absolute Gasteiger partial charge is 0.395 e.